The van der Waals surface area contributed by atoms with Gasteiger partial charge < -0.3 is 5.32 Å². The lowest BCUT2D eigenvalue weighted by Crippen LogP contribution is -2.06. The zero-order valence-electron chi connectivity index (χ0n) is 15.6. The maximum absolute atomic E-state index is 4.13. The van der Waals surface area contributed by atoms with Gasteiger partial charge in [-0.25, -0.2) is 0 Å². The number of nitrogens with one attached hydrogen (secondary N) is 1. The highest BCUT2D eigenvalue weighted by Crippen LogP contribution is 2.30. The molecule has 126 valence electrons. The van der Waals surface area contributed by atoms with Crippen molar-refractivity contribution in [3.8, 4) is 0 Å². The summed E-state index contributed by atoms with van der Waals surface area (Å²) in [5, 5.41) is 3.66. The summed E-state index contributed by atoms with van der Waals surface area (Å²) in [7, 11) is 1.80. The van der Waals surface area contributed by atoms with Crippen molar-refractivity contribution in [1.82, 2.24) is 0 Å². The number of hydrogen-bond donors (Lipinski definition) is 1. The van der Waals surface area contributed by atoms with Crippen molar-refractivity contribution in [2.45, 2.75) is 40.5 Å². The standard InChI is InChI=1S/C22H28N2/c1-15(2)19-14-16(3)10-11-20(19)24-21(12-13-23-6)22-17(4)8-7-9-18(22)5/h7-15,24H,1-6H3/b21-12-,23-13?. The molecule has 2 nitrogen and oxygen atoms in total. The Morgan fingerprint density at radius 1 is 1.04 bits per heavy atom. The topological polar surface area (TPSA) is 24.4 Å². The zero-order valence-corrected chi connectivity index (χ0v) is 15.6. The number of hydrogen-bond acceptors (Lipinski definition) is 2. The predicted octanol–water partition coefficient (Wildman–Crippen LogP) is 5.89. The lowest BCUT2D eigenvalue weighted by atomic mass is 9.96. The number of nitrogens with zero attached hydrogens (tertiary/aromatic N) is 1. The fraction of sp³-hybridized carbons (Fsp3) is 0.318. The van der Waals surface area contributed by atoms with Gasteiger partial charge in [0.1, 0.15) is 0 Å². The first-order valence-corrected chi connectivity index (χ1v) is 8.50. The maximum atomic E-state index is 4.13. The monoisotopic (exact) mass is 320 g/mol. The van der Waals surface area contributed by atoms with Crippen molar-refractivity contribution in [3.05, 3.63) is 70.3 Å². The van der Waals surface area contributed by atoms with Crippen LogP contribution in [-0.2, 0) is 0 Å². The molecule has 0 spiro atoms. The summed E-state index contributed by atoms with van der Waals surface area (Å²) >= 11 is 0. The molecule has 0 aliphatic rings. The molecule has 2 rings (SSSR count). The van der Waals surface area contributed by atoms with Crippen molar-refractivity contribution in [1.29, 1.82) is 0 Å². The average Bonchev–Trinajstić information content (AvgIpc) is 2.53. The summed E-state index contributed by atoms with van der Waals surface area (Å²) in [5.74, 6) is 0.464. The molecule has 0 amide bonds. The molecule has 2 aromatic carbocycles. The van der Waals surface area contributed by atoms with Gasteiger partial charge in [-0.05, 0) is 55.5 Å². The van der Waals surface area contributed by atoms with Gasteiger partial charge in [-0.15, -0.1) is 0 Å². The van der Waals surface area contributed by atoms with E-state index in [0.717, 1.165) is 11.4 Å². The highest BCUT2D eigenvalue weighted by molar-refractivity contribution is 5.91. The Labute approximate surface area is 146 Å². The number of allylic oxidation sites excluding steroid dienone is 1. The number of aryl methyl sites for hydroxylation is 3. The van der Waals surface area contributed by atoms with Crippen LogP contribution in [0.1, 0.15) is 47.6 Å². The van der Waals surface area contributed by atoms with Gasteiger partial charge in [0.25, 0.3) is 0 Å². The summed E-state index contributed by atoms with van der Waals surface area (Å²) in [6.45, 7) is 10.9. The van der Waals surface area contributed by atoms with E-state index in [1.165, 1.54) is 27.8 Å². The molecule has 0 fully saturated rings. The molecule has 0 bridgehead atoms. The Hall–Kier alpha value is -2.35. The van der Waals surface area contributed by atoms with Crippen molar-refractivity contribution >= 4 is 17.6 Å². The minimum atomic E-state index is 0.464. The highest BCUT2D eigenvalue weighted by Gasteiger charge is 2.12. The smallest absolute Gasteiger partial charge is 0.0478 e. The van der Waals surface area contributed by atoms with Crippen LogP contribution in [-0.4, -0.2) is 13.3 Å². The van der Waals surface area contributed by atoms with E-state index in [1.54, 1.807) is 7.05 Å². The van der Waals surface area contributed by atoms with Crippen LogP contribution >= 0.6 is 0 Å². The number of aliphatic imine (C=N–C) groups is 1. The molecule has 0 aromatic heterocycles. The van der Waals surface area contributed by atoms with Gasteiger partial charge in [0.05, 0.1) is 0 Å². The Bertz CT molecular complexity index is 747. The molecule has 2 heteroatoms. The minimum Gasteiger partial charge on any atom is -0.355 e. The average molecular weight is 320 g/mol. The molecule has 2 aromatic rings. The molecular weight excluding hydrogens is 292 g/mol. The van der Waals surface area contributed by atoms with Gasteiger partial charge in [-0.3, -0.25) is 4.99 Å². The van der Waals surface area contributed by atoms with Crippen LogP contribution in [0.2, 0.25) is 0 Å². The molecule has 24 heavy (non-hydrogen) atoms. The number of rotatable bonds is 5. The van der Waals surface area contributed by atoms with E-state index in [1.807, 2.05) is 6.21 Å². The first-order chi connectivity index (χ1) is 11.4. The molecule has 0 radical (unpaired) electrons. The zero-order chi connectivity index (χ0) is 17.7. The summed E-state index contributed by atoms with van der Waals surface area (Å²) in [6.07, 6.45) is 3.90. The molecule has 0 saturated carbocycles. The molecule has 0 saturated heterocycles. The second-order valence-electron chi connectivity index (χ2n) is 6.62. The highest BCUT2D eigenvalue weighted by atomic mass is 14.9. The van der Waals surface area contributed by atoms with Crippen molar-refractivity contribution in [2.75, 3.05) is 12.4 Å². The Morgan fingerprint density at radius 3 is 2.29 bits per heavy atom. The minimum absolute atomic E-state index is 0.464. The maximum Gasteiger partial charge on any atom is 0.0478 e. The van der Waals surface area contributed by atoms with Crippen molar-refractivity contribution < 1.29 is 0 Å². The van der Waals surface area contributed by atoms with E-state index in [2.05, 4.69) is 87.4 Å². The molecule has 0 unspecified atom stereocenters. The van der Waals surface area contributed by atoms with Crippen LogP contribution in [0.25, 0.3) is 5.70 Å². The van der Waals surface area contributed by atoms with Gasteiger partial charge in [-0.1, -0.05) is 49.7 Å². The summed E-state index contributed by atoms with van der Waals surface area (Å²) in [6, 6.07) is 13.0. The van der Waals surface area contributed by atoms with Crippen LogP contribution in [0.5, 0.6) is 0 Å². The Kier molecular flexibility index (Phi) is 5.97. The largest absolute Gasteiger partial charge is 0.355 e. The predicted molar refractivity (Wildman–Crippen MR) is 107 cm³/mol. The van der Waals surface area contributed by atoms with Crippen LogP contribution < -0.4 is 5.32 Å². The summed E-state index contributed by atoms with van der Waals surface area (Å²) in [5.41, 5.74) is 8.63. The van der Waals surface area contributed by atoms with E-state index >= 15 is 0 Å². The molecule has 0 heterocycles. The number of benzene rings is 2. The van der Waals surface area contributed by atoms with Crippen LogP contribution in [0.4, 0.5) is 5.69 Å². The van der Waals surface area contributed by atoms with E-state index in [9.17, 15) is 0 Å². The molecule has 0 aliphatic carbocycles. The molecule has 0 aliphatic heterocycles. The number of anilines is 1. The molecular formula is C22H28N2. The Morgan fingerprint density at radius 2 is 1.71 bits per heavy atom. The second kappa shape index (κ2) is 7.96. The van der Waals surface area contributed by atoms with E-state index in [4.69, 9.17) is 0 Å². The SMILES string of the molecule is CN=C/C=C(\Nc1ccc(C)cc1C(C)C)c1c(C)cccc1C. The summed E-state index contributed by atoms with van der Waals surface area (Å²) < 4.78 is 0. The fourth-order valence-corrected chi connectivity index (χ4v) is 2.99. The van der Waals surface area contributed by atoms with Gasteiger partial charge in [0, 0.05) is 30.2 Å². The van der Waals surface area contributed by atoms with Crippen LogP contribution in [0.15, 0.2) is 47.5 Å². The van der Waals surface area contributed by atoms with Gasteiger partial charge in [0.2, 0.25) is 0 Å². The fourth-order valence-electron chi connectivity index (χ4n) is 2.99. The van der Waals surface area contributed by atoms with Gasteiger partial charge in [-0.2, -0.15) is 0 Å². The van der Waals surface area contributed by atoms with E-state index < -0.39 is 0 Å². The lowest BCUT2D eigenvalue weighted by molar-refractivity contribution is 0.867. The van der Waals surface area contributed by atoms with Crippen LogP contribution in [0.3, 0.4) is 0 Å². The Balaban J connectivity index is 2.53. The third kappa shape index (κ3) is 4.14. The van der Waals surface area contributed by atoms with Crippen LogP contribution in [0, 0.1) is 20.8 Å². The lowest BCUT2D eigenvalue weighted by Gasteiger charge is -2.20. The molecule has 0 atom stereocenters. The summed E-state index contributed by atoms with van der Waals surface area (Å²) in [4.78, 5) is 4.13. The van der Waals surface area contributed by atoms with E-state index in [0.29, 0.717) is 5.92 Å². The third-order valence-corrected chi connectivity index (χ3v) is 4.24. The normalized spacial score (nSPS) is 12.2. The van der Waals surface area contributed by atoms with Crippen molar-refractivity contribution in [3.63, 3.8) is 0 Å². The van der Waals surface area contributed by atoms with Gasteiger partial charge in [0.15, 0.2) is 0 Å². The molecule has 1 N–H and O–H groups in total. The quantitative estimate of drug-likeness (QED) is 0.683. The second-order valence-corrected chi connectivity index (χ2v) is 6.62. The first-order valence-electron chi connectivity index (χ1n) is 8.50. The van der Waals surface area contributed by atoms with Gasteiger partial charge >= 0.3 is 0 Å². The third-order valence-electron chi connectivity index (χ3n) is 4.24. The van der Waals surface area contributed by atoms with Crippen molar-refractivity contribution in [2.24, 2.45) is 4.99 Å². The van der Waals surface area contributed by atoms with E-state index in [-0.39, 0.29) is 0 Å². The first kappa shape index (κ1) is 18.0.